The molecular weight excluding hydrogens is 428 g/mol. The standard InChI is InChI=1S/C23H26N4O4S/c1-15-14-32-21(24-15)12-22(28)26-7-9-27(10-8-26)23(29)18-5-4-6-19(11-18)30-13-20-16(2)25-31-17(20)3/h4-6,11,14H,7-10,12-13H2,1-3H3. The molecule has 1 saturated heterocycles. The van der Waals surface area contributed by atoms with E-state index in [4.69, 9.17) is 9.26 Å². The molecule has 3 aromatic rings. The third-order valence-corrected chi connectivity index (χ3v) is 6.50. The fourth-order valence-electron chi connectivity index (χ4n) is 3.65. The van der Waals surface area contributed by atoms with Crippen molar-refractivity contribution in [3.8, 4) is 5.75 Å². The van der Waals surface area contributed by atoms with Crippen LogP contribution in [0.3, 0.4) is 0 Å². The van der Waals surface area contributed by atoms with Gasteiger partial charge >= 0.3 is 0 Å². The van der Waals surface area contributed by atoms with E-state index in [1.54, 1.807) is 17.0 Å². The molecule has 32 heavy (non-hydrogen) atoms. The number of aromatic nitrogens is 2. The third-order valence-electron chi connectivity index (χ3n) is 5.53. The highest BCUT2D eigenvalue weighted by Crippen LogP contribution is 2.20. The van der Waals surface area contributed by atoms with Crippen molar-refractivity contribution >= 4 is 23.2 Å². The van der Waals surface area contributed by atoms with Crippen molar-refractivity contribution in [3.63, 3.8) is 0 Å². The lowest BCUT2D eigenvalue weighted by molar-refractivity contribution is -0.131. The molecule has 0 saturated carbocycles. The van der Waals surface area contributed by atoms with Crippen molar-refractivity contribution in [3.05, 3.63) is 62.9 Å². The molecule has 1 aromatic carbocycles. The molecule has 9 heteroatoms. The van der Waals surface area contributed by atoms with Crippen LogP contribution in [0.4, 0.5) is 0 Å². The van der Waals surface area contributed by atoms with Crippen LogP contribution in [-0.2, 0) is 17.8 Å². The van der Waals surface area contributed by atoms with Crippen LogP contribution < -0.4 is 4.74 Å². The fraction of sp³-hybridized carbons (Fsp3) is 0.391. The number of hydrogen-bond acceptors (Lipinski definition) is 7. The van der Waals surface area contributed by atoms with Gasteiger partial charge in [0.25, 0.3) is 5.91 Å². The second kappa shape index (κ2) is 9.52. The molecular formula is C23H26N4O4S. The zero-order chi connectivity index (χ0) is 22.7. The number of aryl methyl sites for hydroxylation is 3. The number of rotatable bonds is 6. The highest BCUT2D eigenvalue weighted by molar-refractivity contribution is 7.09. The summed E-state index contributed by atoms with van der Waals surface area (Å²) in [7, 11) is 0. The Labute approximate surface area is 190 Å². The van der Waals surface area contributed by atoms with Crippen LogP contribution >= 0.6 is 11.3 Å². The van der Waals surface area contributed by atoms with Gasteiger partial charge in [-0.25, -0.2) is 4.98 Å². The molecule has 0 spiro atoms. The van der Waals surface area contributed by atoms with E-state index < -0.39 is 0 Å². The van der Waals surface area contributed by atoms with Gasteiger partial charge in [-0.1, -0.05) is 11.2 Å². The molecule has 4 rings (SSSR count). The maximum atomic E-state index is 13.0. The first-order valence-electron chi connectivity index (χ1n) is 10.5. The Morgan fingerprint density at radius 2 is 1.88 bits per heavy atom. The second-order valence-corrected chi connectivity index (χ2v) is 8.79. The highest BCUT2D eigenvalue weighted by atomic mass is 32.1. The summed E-state index contributed by atoms with van der Waals surface area (Å²) in [6, 6.07) is 7.17. The van der Waals surface area contributed by atoms with Gasteiger partial charge in [-0.05, 0) is 39.0 Å². The van der Waals surface area contributed by atoms with E-state index in [1.807, 2.05) is 43.2 Å². The minimum absolute atomic E-state index is 0.0566. The van der Waals surface area contributed by atoms with Gasteiger partial charge in [0.05, 0.1) is 17.7 Å². The average molecular weight is 455 g/mol. The molecule has 0 aliphatic carbocycles. The summed E-state index contributed by atoms with van der Waals surface area (Å²) in [4.78, 5) is 33.5. The summed E-state index contributed by atoms with van der Waals surface area (Å²) in [5, 5.41) is 6.71. The zero-order valence-electron chi connectivity index (χ0n) is 18.5. The number of ether oxygens (including phenoxy) is 1. The van der Waals surface area contributed by atoms with E-state index in [2.05, 4.69) is 10.1 Å². The Hall–Kier alpha value is -3.20. The van der Waals surface area contributed by atoms with Crippen LogP contribution in [0.25, 0.3) is 0 Å². The second-order valence-electron chi connectivity index (χ2n) is 7.85. The first-order valence-corrected chi connectivity index (χ1v) is 11.4. The average Bonchev–Trinajstić information content (AvgIpc) is 3.36. The van der Waals surface area contributed by atoms with Gasteiger partial charge in [-0.2, -0.15) is 0 Å². The number of piperazine rings is 1. The maximum absolute atomic E-state index is 13.0. The molecule has 1 fully saturated rings. The predicted octanol–water partition coefficient (Wildman–Crippen LogP) is 3.16. The molecule has 2 amide bonds. The predicted molar refractivity (Wildman–Crippen MR) is 120 cm³/mol. The van der Waals surface area contributed by atoms with Gasteiger partial charge in [0, 0.05) is 42.8 Å². The highest BCUT2D eigenvalue weighted by Gasteiger charge is 2.25. The van der Waals surface area contributed by atoms with Crippen LogP contribution in [0.2, 0.25) is 0 Å². The molecule has 1 aliphatic heterocycles. The van der Waals surface area contributed by atoms with Crippen LogP contribution in [0, 0.1) is 20.8 Å². The van der Waals surface area contributed by atoms with Gasteiger partial charge in [-0.3, -0.25) is 9.59 Å². The minimum Gasteiger partial charge on any atom is -0.489 e. The Kier molecular flexibility index (Phi) is 6.55. The lowest BCUT2D eigenvalue weighted by Gasteiger charge is -2.34. The molecule has 0 bridgehead atoms. The topological polar surface area (TPSA) is 88.8 Å². The first kappa shape index (κ1) is 22.0. The number of carbonyl (C=O) groups excluding carboxylic acids is 2. The van der Waals surface area contributed by atoms with Crippen molar-refractivity contribution in [2.45, 2.75) is 33.8 Å². The quantitative estimate of drug-likeness (QED) is 0.569. The normalized spacial score (nSPS) is 14.0. The van der Waals surface area contributed by atoms with Gasteiger partial charge in [0.1, 0.15) is 23.1 Å². The van der Waals surface area contributed by atoms with Crippen LogP contribution in [0.5, 0.6) is 5.75 Å². The molecule has 0 radical (unpaired) electrons. The summed E-state index contributed by atoms with van der Waals surface area (Å²) in [6.07, 6.45) is 0.316. The molecule has 168 valence electrons. The van der Waals surface area contributed by atoms with Crippen LogP contribution in [0.15, 0.2) is 34.2 Å². The van der Waals surface area contributed by atoms with Crippen molar-refractivity contribution in [1.29, 1.82) is 0 Å². The monoisotopic (exact) mass is 454 g/mol. The Morgan fingerprint density at radius 3 is 2.53 bits per heavy atom. The lowest BCUT2D eigenvalue weighted by atomic mass is 10.1. The van der Waals surface area contributed by atoms with E-state index >= 15 is 0 Å². The van der Waals surface area contributed by atoms with Crippen molar-refractivity contribution in [1.82, 2.24) is 19.9 Å². The summed E-state index contributed by atoms with van der Waals surface area (Å²) in [5.41, 5.74) is 3.22. The summed E-state index contributed by atoms with van der Waals surface area (Å²) in [6.45, 7) is 8.04. The summed E-state index contributed by atoms with van der Waals surface area (Å²) < 4.78 is 11.0. The van der Waals surface area contributed by atoms with Crippen LogP contribution in [-0.4, -0.2) is 57.9 Å². The molecule has 2 aromatic heterocycles. The minimum atomic E-state index is -0.0598. The number of hydrogen-bond donors (Lipinski definition) is 0. The van der Waals surface area contributed by atoms with E-state index in [0.717, 1.165) is 27.7 Å². The van der Waals surface area contributed by atoms with Crippen molar-refractivity contribution in [2.75, 3.05) is 26.2 Å². The number of amides is 2. The van der Waals surface area contributed by atoms with Crippen molar-refractivity contribution < 1.29 is 18.8 Å². The summed E-state index contributed by atoms with van der Waals surface area (Å²) in [5.74, 6) is 1.34. The van der Waals surface area contributed by atoms with E-state index in [0.29, 0.717) is 50.5 Å². The molecule has 8 nitrogen and oxygen atoms in total. The number of thiazole rings is 1. The Morgan fingerprint density at radius 1 is 1.12 bits per heavy atom. The maximum Gasteiger partial charge on any atom is 0.254 e. The van der Waals surface area contributed by atoms with Gasteiger partial charge in [-0.15, -0.1) is 11.3 Å². The van der Waals surface area contributed by atoms with Gasteiger partial charge < -0.3 is 19.1 Å². The largest absolute Gasteiger partial charge is 0.489 e. The first-order chi connectivity index (χ1) is 15.4. The lowest BCUT2D eigenvalue weighted by Crippen LogP contribution is -2.51. The molecule has 0 atom stereocenters. The van der Waals surface area contributed by atoms with Crippen LogP contribution in [0.1, 0.15) is 38.1 Å². The Bertz CT molecular complexity index is 1100. The fourth-order valence-corrected chi connectivity index (χ4v) is 4.41. The summed E-state index contributed by atoms with van der Waals surface area (Å²) >= 11 is 1.51. The molecule has 1 aliphatic rings. The smallest absolute Gasteiger partial charge is 0.254 e. The number of carbonyl (C=O) groups is 2. The molecule has 0 N–H and O–H groups in total. The van der Waals surface area contributed by atoms with Crippen molar-refractivity contribution in [2.24, 2.45) is 0 Å². The number of nitrogens with zero attached hydrogens (tertiary/aromatic N) is 4. The third kappa shape index (κ3) is 4.99. The van der Waals surface area contributed by atoms with Gasteiger partial charge in [0.2, 0.25) is 5.91 Å². The van der Waals surface area contributed by atoms with E-state index in [9.17, 15) is 9.59 Å². The zero-order valence-corrected chi connectivity index (χ0v) is 19.3. The molecule has 3 heterocycles. The SMILES string of the molecule is Cc1csc(CC(=O)N2CCN(C(=O)c3cccc(OCc4c(C)noc4C)c3)CC2)n1. The number of benzene rings is 1. The Balaban J connectivity index is 1.32. The molecule has 0 unspecified atom stereocenters. The van der Waals surface area contributed by atoms with E-state index in [1.165, 1.54) is 11.3 Å². The van der Waals surface area contributed by atoms with Gasteiger partial charge in [0.15, 0.2) is 0 Å². The van der Waals surface area contributed by atoms with E-state index in [-0.39, 0.29) is 11.8 Å².